The molecule has 0 aromatic heterocycles. The first-order valence-corrected chi connectivity index (χ1v) is 13.1. The van der Waals surface area contributed by atoms with E-state index in [1.54, 1.807) is 11.8 Å². The number of carbonyl (C=O) groups is 2. The van der Waals surface area contributed by atoms with Gasteiger partial charge in [-0.2, -0.15) is 0 Å². The summed E-state index contributed by atoms with van der Waals surface area (Å²) in [4.78, 5) is 32.9. The number of hydrogen-bond donors (Lipinski definition) is 0. The van der Waals surface area contributed by atoms with Crippen molar-refractivity contribution in [1.82, 2.24) is 9.80 Å². The molecule has 0 unspecified atom stereocenters. The molecule has 6 rings (SSSR count). The molecule has 184 valence electrons. The molecule has 0 radical (unpaired) electrons. The van der Waals surface area contributed by atoms with Crippen LogP contribution in [0.2, 0.25) is 0 Å². The predicted octanol–water partition coefficient (Wildman–Crippen LogP) is 4.01. The molecule has 0 atom stereocenters. The molecule has 0 bridgehead atoms. The van der Waals surface area contributed by atoms with Gasteiger partial charge in [-0.3, -0.25) is 14.5 Å². The number of rotatable bonds is 5. The number of para-hydroxylation sites is 1. The average Bonchev–Trinajstić information content (AvgIpc) is 3.39. The fraction of sp³-hybridized carbons (Fsp3) is 0.286. The summed E-state index contributed by atoms with van der Waals surface area (Å²) in [6.45, 7) is 4.65. The van der Waals surface area contributed by atoms with Crippen LogP contribution in [-0.4, -0.2) is 60.3 Å². The number of benzene rings is 3. The Balaban J connectivity index is 1.05. The second-order valence-corrected chi connectivity index (χ2v) is 10.2. The normalized spacial score (nSPS) is 17.3. The number of thioether (sulfide) groups is 1. The van der Waals surface area contributed by atoms with Crippen molar-refractivity contribution >= 4 is 29.3 Å². The molecule has 36 heavy (non-hydrogen) atoms. The maximum absolute atomic E-state index is 13.1. The van der Waals surface area contributed by atoms with Gasteiger partial charge in [0.1, 0.15) is 0 Å². The minimum Gasteiger partial charge on any atom is -0.454 e. The van der Waals surface area contributed by atoms with E-state index in [2.05, 4.69) is 17.0 Å². The van der Waals surface area contributed by atoms with Crippen LogP contribution >= 0.6 is 11.8 Å². The quantitative estimate of drug-likeness (QED) is 0.527. The van der Waals surface area contributed by atoms with Gasteiger partial charge in [-0.05, 0) is 47.5 Å². The van der Waals surface area contributed by atoms with Gasteiger partial charge < -0.3 is 19.3 Å². The Morgan fingerprint density at radius 2 is 1.58 bits per heavy atom. The lowest BCUT2D eigenvalue weighted by molar-refractivity contribution is -0.116. The first-order chi connectivity index (χ1) is 17.6. The molecule has 0 aliphatic carbocycles. The van der Waals surface area contributed by atoms with E-state index in [9.17, 15) is 9.59 Å². The second-order valence-electron chi connectivity index (χ2n) is 9.19. The van der Waals surface area contributed by atoms with Gasteiger partial charge in [0, 0.05) is 43.2 Å². The third kappa shape index (κ3) is 4.66. The summed E-state index contributed by atoms with van der Waals surface area (Å²) in [5.41, 5.74) is 3.83. The number of ether oxygens (including phenoxy) is 2. The van der Waals surface area contributed by atoms with Crippen LogP contribution in [0.3, 0.4) is 0 Å². The van der Waals surface area contributed by atoms with Crippen molar-refractivity contribution < 1.29 is 19.1 Å². The highest BCUT2D eigenvalue weighted by atomic mass is 32.2. The fourth-order valence-electron chi connectivity index (χ4n) is 4.85. The Labute approximate surface area is 214 Å². The number of anilines is 1. The molecular formula is C28H27N3O4S. The standard InChI is InChI=1S/C28H27N3O4S/c32-27-18-36-26-4-2-1-3-23(26)31(27)17-20-5-8-22(9-6-20)28(33)30-13-11-29(12-14-30)16-21-7-10-24-25(15-21)35-19-34-24/h1-10,15H,11-14,16-19H2. The van der Waals surface area contributed by atoms with E-state index in [0.29, 0.717) is 31.0 Å². The van der Waals surface area contributed by atoms with Crippen LogP contribution in [0.5, 0.6) is 11.5 Å². The molecule has 8 heteroatoms. The van der Waals surface area contributed by atoms with Crippen molar-refractivity contribution in [2.24, 2.45) is 0 Å². The Bertz CT molecular complexity index is 1290. The third-order valence-electron chi connectivity index (χ3n) is 6.85. The Hall–Kier alpha value is -3.49. The average molecular weight is 502 g/mol. The molecule has 0 N–H and O–H groups in total. The van der Waals surface area contributed by atoms with Gasteiger partial charge in [0.2, 0.25) is 12.7 Å². The van der Waals surface area contributed by atoms with Crippen LogP contribution in [-0.2, 0) is 17.9 Å². The molecule has 0 saturated carbocycles. The molecule has 3 heterocycles. The van der Waals surface area contributed by atoms with Crippen LogP contribution in [0.15, 0.2) is 71.6 Å². The molecule has 3 aromatic carbocycles. The smallest absolute Gasteiger partial charge is 0.253 e. The Kier molecular flexibility index (Phi) is 6.29. The van der Waals surface area contributed by atoms with E-state index in [1.807, 2.05) is 64.4 Å². The van der Waals surface area contributed by atoms with E-state index in [1.165, 1.54) is 5.56 Å². The molecular weight excluding hydrogens is 474 g/mol. The lowest BCUT2D eigenvalue weighted by Gasteiger charge is -2.35. The summed E-state index contributed by atoms with van der Waals surface area (Å²) in [6, 6.07) is 21.7. The van der Waals surface area contributed by atoms with Crippen molar-refractivity contribution in [3.8, 4) is 11.5 Å². The van der Waals surface area contributed by atoms with Crippen LogP contribution in [0.25, 0.3) is 0 Å². The zero-order valence-corrected chi connectivity index (χ0v) is 20.7. The summed E-state index contributed by atoms with van der Waals surface area (Å²) in [6.07, 6.45) is 0. The summed E-state index contributed by atoms with van der Waals surface area (Å²) < 4.78 is 10.9. The number of hydrogen-bond acceptors (Lipinski definition) is 6. The molecule has 3 aliphatic rings. The lowest BCUT2D eigenvalue weighted by atomic mass is 10.1. The summed E-state index contributed by atoms with van der Waals surface area (Å²) >= 11 is 1.58. The van der Waals surface area contributed by atoms with Crippen molar-refractivity contribution in [2.75, 3.05) is 43.6 Å². The van der Waals surface area contributed by atoms with E-state index in [0.717, 1.165) is 47.3 Å². The van der Waals surface area contributed by atoms with Crippen molar-refractivity contribution in [3.63, 3.8) is 0 Å². The van der Waals surface area contributed by atoms with Crippen molar-refractivity contribution in [2.45, 2.75) is 18.0 Å². The molecule has 0 spiro atoms. The van der Waals surface area contributed by atoms with Crippen LogP contribution in [0.4, 0.5) is 5.69 Å². The SMILES string of the molecule is O=C(c1ccc(CN2C(=O)CSc3ccccc32)cc1)N1CCN(Cc2ccc3c(c2)OCO3)CC1. The van der Waals surface area contributed by atoms with Gasteiger partial charge in [-0.25, -0.2) is 0 Å². The molecule has 7 nitrogen and oxygen atoms in total. The largest absolute Gasteiger partial charge is 0.454 e. The Morgan fingerprint density at radius 1 is 0.833 bits per heavy atom. The molecule has 2 amide bonds. The van der Waals surface area contributed by atoms with Gasteiger partial charge >= 0.3 is 0 Å². The highest BCUT2D eigenvalue weighted by molar-refractivity contribution is 8.00. The molecule has 1 fully saturated rings. The highest BCUT2D eigenvalue weighted by Crippen LogP contribution is 2.36. The number of piperazine rings is 1. The topological polar surface area (TPSA) is 62.3 Å². The highest BCUT2D eigenvalue weighted by Gasteiger charge is 2.25. The fourth-order valence-corrected chi connectivity index (χ4v) is 5.79. The van der Waals surface area contributed by atoms with Gasteiger partial charge in [-0.15, -0.1) is 11.8 Å². The second kappa shape index (κ2) is 9.87. The zero-order valence-electron chi connectivity index (χ0n) is 19.9. The Morgan fingerprint density at radius 3 is 2.42 bits per heavy atom. The zero-order chi connectivity index (χ0) is 24.5. The summed E-state index contributed by atoms with van der Waals surface area (Å²) in [5, 5.41) is 0. The van der Waals surface area contributed by atoms with Crippen LogP contribution in [0, 0.1) is 0 Å². The van der Waals surface area contributed by atoms with Gasteiger partial charge in [-0.1, -0.05) is 30.3 Å². The van der Waals surface area contributed by atoms with E-state index in [-0.39, 0.29) is 18.6 Å². The predicted molar refractivity (Wildman–Crippen MR) is 139 cm³/mol. The first kappa shape index (κ1) is 22.9. The van der Waals surface area contributed by atoms with Gasteiger partial charge in [0.05, 0.1) is 18.0 Å². The summed E-state index contributed by atoms with van der Waals surface area (Å²) in [5.74, 6) is 2.22. The maximum atomic E-state index is 13.1. The molecule has 3 aliphatic heterocycles. The molecule has 1 saturated heterocycles. The number of amides is 2. The van der Waals surface area contributed by atoms with Crippen molar-refractivity contribution in [1.29, 1.82) is 0 Å². The van der Waals surface area contributed by atoms with Gasteiger partial charge in [0.25, 0.3) is 5.91 Å². The van der Waals surface area contributed by atoms with Crippen molar-refractivity contribution in [3.05, 3.63) is 83.4 Å². The van der Waals surface area contributed by atoms with E-state index in [4.69, 9.17) is 9.47 Å². The van der Waals surface area contributed by atoms with Crippen LogP contribution in [0.1, 0.15) is 21.5 Å². The van der Waals surface area contributed by atoms with Crippen LogP contribution < -0.4 is 14.4 Å². The maximum Gasteiger partial charge on any atom is 0.253 e. The number of nitrogens with zero attached hydrogens (tertiary/aromatic N) is 3. The molecule has 3 aromatic rings. The van der Waals surface area contributed by atoms with Gasteiger partial charge in [0.15, 0.2) is 11.5 Å². The first-order valence-electron chi connectivity index (χ1n) is 12.2. The monoisotopic (exact) mass is 501 g/mol. The number of carbonyl (C=O) groups excluding carboxylic acids is 2. The summed E-state index contributed by atoms with van der Waals surface area (Å²) in [7, 11) is 0. The number of fused-ring (bicyclic) bond motifs is 2. The van der Waals surface area contributed by atoms with E-state index < -0.39 is 0 Å². The lowest BCUT2D eigenvalue weighted by Crippen LogP contribution is -2.48. The minimum absolute atomic E-state index is 0.0556. The minimum atomic E-state index is 0.0556. The third-order valence-corrected chi connectivity index (χ3v) is 7.90. The van der Waals surface area contributed by atoms with E-state index >= 15 is 0 Å².